The molecule has 0 amide bonds. The Hall–Kier alpha value is -0.380. The molecule has 0 aliphatic heterocycles. The van der Waals surface area contributed by atoms with Gasteiger partial charge in [0.2, 0.25) is 0 Å². The molecule has 0 aromatic heterocycles. The van der Waals surface area contributed by atoms with E-state index in [2.05, 4.69) is 26.8 Å². The monoisotopic (exact) mass is 418 g/mol. The maximum absolute atomic E-state index is 10.3. The molecule has 0 heterocycles. The van der Waals surface area contributed by atoms with Gasteiger partial charge in [0.05, 0.1) is 17.8 Å². The summed E-state index contributed by atoms with van der Waals surface area (Å²) in [7, 11) is 0. The first-order chi connectivity index (χ1) is 14.0. The average Bonchev–Trinajstić information content (AvgIpc) is 3.03. The third-order valence-corrected chi connectivity index (χ3v) is 10.5. The van der Waals surface area contributed by atoms with E-state index in [9.17, 15) is 15.3 Å². The summed E-state index contributed by atoms with van der Waals surface area (Å²) in [6.45, 7) is 10.9. The number of rotatable bonds is 5. The van der Waals surface area contributed by atoms with Crippen LogP contribution in [0.25, 0.3) is 0 Å². The SMILES string of the molecule is C[C@H](CC[C@@H](O)C(C)(C)O)[C@H]1CC[C@H]2[C@@H]3CC=C4CC(O)CC[C@]4(C)[C@H]3CC[C@]12C. The molecule has 4 aliphatic rings. The lowest BCUT2D eigenvalue weighted by Gasteiger charge is -2.58. The summed E-state index contributed by atoms with van der Waals surface area (Å²) in [6.07, 6.45) is 13.1. The minimum Gasteiger partial charge on any atom is -0.393 e. The molecule has 9 atom stereocenters. The van der Waals surface area contributed by atoms with Gasteiger partial charge < -0.3 is 15.3 Å². The second kappa shape index (κ2) is 7.89. The summed E-state index contributed by atoms with van der Waals surface area (Å²) in [5, 5.41) is 30.6. The van der Waals surface area contributed by atoms with E-state index in [4.69, 9.17) is 0 Å². The van der Waals surface area contributed by atoms with Crippen LogP contribution >= 0.6 is 0 Å². The van der Waals surface area contributed by atoms with Crippen molar-refractivity contribution in [2.75, 3.05) is 0 Å². The highest BCUT2D eigenvalue weighted by Crippen LogP contribution is 2.67. The van der Waals surface area contributed by atoms with Gasteiger partial charge in [-0.3, -0.25) is 0 Å². The fraction of sp³-hybridized carbons (Fsp3) is 0.926. The fourth-order valence-electron chi connectivity index (χ4n) is 8.59. The van der Waals surface area contributed by atoms with E-state index in [1.165, 1.54) is 38.5 Å². The van der Waals surface area contributed by atoms with Crippen molar-refractivity contribution in [3.63, 3.8) is 0 Å². The Morgan fingerprint density at radius 2 is 1.80 bits per heavy atom. The van der Waals surface area contributed by atoms with Crippen LogP contribution in [0.4, 0.5) is 0 Å². The molecular weight excluding hydrogens is 372 g/mol. The third-order valence-electron chi connectivity index (χ3n) is 10.5. The molecule has 0 spiro atoms. The molecule has 3 nitrogen and oxygen atoms in total. The van der Waals surface area contributed by atoms with Crippen molar-refractivity contribution in [2.45, 2.75) is 117 Å². The van der Waals surface area contributed by atoms with Gasteiger partial charge in [0.15, 0.2) is 0 Å². The highest BCUT2D eigenvalue weighted by atomic mass is 16.3. The second-order valence-electron chi connectivity index (χ2n) is 12.6. The lowest BCUT2D eigenvalue weighted by Crippen LogP contribution is -2.50. The van der Waals surface area contributed by atoms with E-state index < -0.39 is 11.7 Å². The Morgan fingerprint density at radius 1 is 1.07 bits per heavy atom. The first kappa shape index (κ1) is 22.8. The van der Waals surface area contributed by atoms with Crippen molar-refractivity contribution in [3.8, 4) is 0 Å². The van der Waals surface area contributed by atoms with Crippen molar-refractivity contribution < 1.29 is 15.3 Å². The van der Waals surface area contributed by atoms with Crippen molar-refractivity contribution in [1.82, 2.24) is 0 Å². The molecule has 3 N–H and O–H groups in total. The smallest absolute Gasteiger partial charge is 0.0849 e. The number of aliphatic hydroxyl groups excluding tert-OH is 2. The summed E-state index contributed by atoms with van der Waals surface area (Å²) < 4.78 is 0. The van der Waals surface area contributed by atoms with Crippen LogP contribution in [0.15, 0.2) is 11.6 Å². The van der Waals surface area contributed by atoms with E-state index in [1.807, 2.05) is 0 Å². The Morgan fingerprint density at radius 3 is 2.50 bits per heavy atom. The molecule has 0 aromatic carbocycles. The molecular formula is C27H46O3. The largest absolute Gasteiger partial charge is 0.393 e. The van der Waals surface area contributed by atoms with Gasteiger partial charge in [0.1, 0.15) is 0 Å². The van der Waals surface area contributed by atoms with E-state index in [0.29, 0.717) is 23.2 Å². The first-order valence-corrected chi connectivity index (χ1v) is 12.7. The van der Waals surface area contributed by atoms with Crippen LogP contribution in [0.2, 0.25) is 0 Å². The van der Waals surface area contributed by atoms with Crippen molar-refractivity contribution in [3.05, 3.63) is 11.6 Å². The predicted molar refractivity (Wildman–Crippen MR) is 122 cm³/mol. The zero-order valence-electron chi connectivity index (χ0n) is 20.0. The van der Waals surface area contributed by atoms with Gasteiger partial charge in [0.25, 0.3) is 0 Å². The van der Waals surface area contributed by atoms with Crippen LogP contribution < -0.4 is 0 Å². The van der Waals surface area contributed by atoms with Crippen LogP contribution in [-0.2, 0) is 0 Å². The predicted octanol–water partition coefficient (Wildman–Crippen LogP) is 5.47. The Bertz CT molecular complexity index is 664. The molecule has 172 valence electrons. The number of aliphatic hydroxyl groups is 3. The zero-order valence-corrected chi connectivity index (χ0v) is 20.0. The maximum Gasteiger partial charge on any atom is 0.0849 e. The average molecular weight is 419 g/mol. The summed E-state index contributed by atoms with van der Waals surface area (Å²) in [5.74, 6) is 3.78. The van der Waals surface area contributed by atoms with Crippen molar-refractivity contribution in [2.24, 2.45) is 40.4 Å². The molecule has 3 saturated carbocycles. The van der Waals surface area contributed by atoms with Crippen molar-refractivity contribution >= 4 is 0 Å². The quantitative estimate of drug-likeness (QED) is 0.519. The minimum atomic E-state index is -1.00. The molecule has 3 heteroatoms. The molecule has 30 heavy (non-hydrogen) atoms. The van der Waals surface area contributed by atoms with Crippen molar-refractivity contribution in [1.29, 1.82) is 0 Å². The zero-order chi connectivity index (χ0) is 21.9. The normalized spacial score (nSPS) is 45.7. The second-order valence-corrected chi connectivity index (χ2v) is 12.6. The van der Waals surface area contributed by atoms with E-state index >= 15 is 0 Å². The van der Waals surface area contributed by atoms with Gasteiger partial charge in [-0.25, -0.2) is 0 Å². The lowest BCUT2D eigenvalue weighted by molar-refractivity contribution is -0.0656. The van der Waals surface area contributed by atoms with Gasteiger partial charge in [-0.2, -0.15) is 0 Å². The number of hydrogen-bond acceptors (Lipinski definition) is 3. The molecule has 0 radical (unpaired) electrons. The molecule has 1 unspecified atom stereocenters. The van der Waals surface area contributed by atoms with Crippen LogP contribution in [0.1, 0.15) is 98.8 Å². The topological polar surface area (TPSA) is 60.7 Å². The van der Waals surface area contributed by atoms with E-state index in [1.54, 1.807) is 19.4 Å². The lowest BCUT2D eigenvalue weighted by atomic mass is 9.47. The third kappa shape index (κ3) is 3.71. The number of hydrogen-bond donors (Lipinski definition) is 3. The minimum absolute atomic E-state index is 0.120. The van der Waals surface area contributed by atoms with Crippen LogP contribution in [-0.4, -0.2) is 33.1 Å². The molecule has 3 fully saturated rings. The van der Waals surface area contributed by atoms with Gasteiger partial charge in [0, 0.05) is 0 Å². The molecule has 4 aliphatic carbocycles. The van der Waals surface area contributed by atoms with Gasteiger partial charge in [-0.05, 0) is 118 Å². The molecule has 4 rings (SSSR count). The highest BCUT2D eigenvalue weighted by molar-refractivity contribution is 5.25. The van der Waals surface area contributed by atoms with Crippen LogP contribution in [0.5, 0.6) is 0 Å². The summed E-state index contributed by atoms with van der Waals surface area (Å²) >= 11 is 0. The molecule has 0 aromatic rings. The fourth-order valence-corrected chi connectivity index (χ4v) is 8.59. The number of fused-ring (bicyclic) bond motifs is 5. The maximum atomic E-state index is 10.3. The first-order valence-electron chi connectivity index (χ1n) is 12.7. The van der Waals surface area contributed by atoms with Gasteiger partial charge in [-0.15, -0.1) is 0 Å². The Labute approximate surface area is 184 Å². The molecule has 0 bridgehead atoms. The summed E-state index contributed by atoms with van der Waals surface area (Å²) in [5.41, 5.74) is 1.31. The van der Waals surface area contributed by atoms with Gasteiger partial charge >= 0.3 is 0 Å². The number of allylic oxidation sites excluding steroid dienone is 1. The standard InChI is InChI=1S/C27H46O3/c1-17(6-11-24(29)25(2,3)30)21-9-10-22-20-8-7-18-16-19(28)12-14-26(18,4)23(20)13-15-27(21,22)5/h7,17,19-24,28-30H,6,8-16H2,1-5H3/t17-,19?,20+,21-,22+,23+,24-,26+,27-/m1/s1. The van der Waals surface area contributed by atoms with E-state index in [0.717, 1.165) is 42.9 Å². The Kier molecular flexibility index (Phi) is 5.99. The molecule has 0 saturated heterocycles. The Balaban J connectivity index is 1.47. The van der Waals surface area contributed by atoms with Crippen LogP contribution in [0, 0.1) is 40.4 Å². The van der Waals surface area contributed by atoms with E-state index in [-0.39, 0.29) is 6.10 Å². The summed E-state index contributed by atoms with van der Waals surface area (Å²) in [6, 6.07) is 0. The highest BCUT2D eigenvalue weighted by Gasteiger charge is 2.59. The van der Waals surface area contributed by atoms with Gasteiger partial charge in [-0.1, -0.05) is 32.4 Å². The summed E-state index contributed by atoms with van der Waals surface area (Å²) in [4.78, 5) is 0. The van der Waals surface area contributed by atoms with Crippen LogP contribution in [0.3, 0.4) is 0 Å².